The number of aromatic nitrogens is 1. The van der Waals surface area contributed by atoms with E-state index in [2.05, 4.69) is 44.9 Å². The summed E-state index contributed by atoms with van der Waals surface area (Å²) in [5.41, 5.74) is 1.25. The summed E-state index contributed by atoms with van der Waals surface area (Å²) in [7, 11) is 0. The number of rotatable bonds is 6. The molecule has 1 aromatic rings. The van der Waals surface area contributed by atoms with Crippen LogP contribution in [0.1, 0.15) is 82.4 Å². The van der Waals surface area contributed by atoms with Crippen LogP contribution in [0.25, 0.3) is 0 Å². The summed E-state index contributed by atoms with van der Waals surface area (Å²) in [6.07, 6.45) is 3.74. The van der Waals surface area contributed by atoms with Gasteiger partial charge in [-0.05, 0) is 62.5 Å². The van der Waals surface area contributed by atoms with Crippen molar-refractivity contribution in [2.24, 2.45) is 17.8 Å². The molecule has 0 bridgehead atoms. The van der Waals surface area contributed by atoms with Crippen molar-refractivity contribution in [2.75, 3.05) is 13.1 Å². The Morgan fingerprint density at radius 2 is 1.89 bits per heavy atom. The van der Waals surface area contributed by atoms with E-state index in [0.29, 0.717) is 36.5 Å². The van der Waals surface area contributed by atoms with Gasteiger partial charge in [0.25, 0.3) is 5.91 Å². The van der Waals surface area contributed by atoms with E-state index in [-0.39, 0.29) is 23.3 Å². The lowest BCUT2D eigenvalue weighted by molar-refractivity contribution is -0.124. The number of hydrogen-bond donors (Lipinski definition) is 1. The average Bonchev–Trinajstić information content (AvgIpc) is 3.40. The Hall–Kier alpha value is -1.91. The molecule has 1 aliphatic heterocycles. The topological polar surface area (TPSA) is 62.3 Å². The maximum absolute atomic E-state index is 12.8. The summed E-state index contributed by atoms with van der Waals surface area (Å²) < 4.78 is 0. The molecule has 28 heavy (non-hydrogen) atoms. The third-order valence-electron chi connectivity index (χ3n) is 6.19. The summed E-state index contributed by atoms with van der Waals surface area (Å²) in [5.74, 6) is 1.91. The van der Waals surface area contributed by atoms with Crippen molar-refractivity contribution >= 4 is 11.8 Å². The van der Waals surface area contributed by atoms with Crippen LogP contribution in [-0.4, -0.2) is 40.3 Å². The SMILES string of the molecule is CC(C)C[C@@H]1C[C@H]1C(=O)NC1(C)CCN(C(=O)c2cccc(C(C)C)n2)CC1. The normalized spacial score (nSPS) is 23.8. The third-order valence-corrected chi connectivity index (χ3v) is 6.19. The largest absolute Gasteiger partial charge is 0.351 e. The van der Waals surface area contributed by atoms with E-state index in [9.17, 15) is 9.59 Å². The first-order chi connectivity index (χ1) is 13.2. The molecule has 1 aliphatic carbocycles. The number of likely N-dealkylation sites (tertiary alicyclic amines) is 1. The maximum Gasteiger partial charge on any atom is 0.272 e. The molecular formula is C23H35N3O2. The van der Waals surface area contributed by atoms with Gasteiger partial charge in [-0.1, -0.05) is 33.8 Å². The van der Waals surface area contributed by atoms with E-state index < -0.39 is 0 Å². The molecule has 0 spiro atoms. The number of nitrogens with one attached hydrogen (secondary N) is 1. The minimum absolute atomic E-state index is 0.00457. The molecule has 0 radical (unpaired) electrons. The minimum Gasteiger partial charge on any atom is -0.351 e. The summed E-state index contributed by atoms with van der Waals surface area (Å²) in [5, 5.41) is 3.29. The second kappa shape index (κ2) is 8.22. The van der Waals surface area contributed by atoms with Gasteiger partial charge in [0.2, 0.25) is 5.91 Å². The van der Waals surface area contributed by atoms with Crippen molar-refractivity contribution in [3.05, 3.63) is 29.6 Å². The van der Waals surface area contributed by atoms with Crippen LogP contribution in [0.4, 0.5) is 0 Å². The molecule has 2 heterocycles. The molecule has 2 atom stereocenters. The minimum atomic E-state index is -0.216. The average molecular weight is 386 g/mol. The first kappa shape index (κ1) is 20.8. The fourth-order valence-electron chi connectivity index (χ4n) is 4.21. The van der Waals surface area contributed by atoms with Crippen molar-refractivity contribution in [3.8, 4) is 0 Å². The second-order valence-corrected chi connectivity index (χ2v) is 9.68. The zero-order valence-electron chi connectivity index (χ0n) is 18.0. The number of carbonyl (C=O) groups excluding carboxylic acids is 2. The van der Waals surface area contributed by atoms with Gasteiger partial charge in [0.05, 0.1) is 0 Å². The van der Waals surface area contributed by atoms with Crippen molar-refractivity contribution in [3.63, 3.8) is 0 Å². The lowest BCUT2D eigenvalue weighted by atomic mass is 9.89. The Morgan fingerprint density at radius 3 is 2.50 bits per heavy atom. The standard InChI is InChI=1S/C23H35N3O2/c1-15(2)13-17-14-18(17)21(27)25-23(5)9-11-26(12-10-23)22(28)20-8-6-7-19(24-20)16(3)4/h6-8,15-18H,9-14H2,1-5H3,(H,25,27)/t17-,18-/m1/s1. The predicted octanol–water partition coefficient (Wildman–Crippen LogP) is 4.00. The van der Waals surface area contributed by atoms with Crippen LogP contribution in [0.2, 0.25) is 0 Å². The van der Waals surface area contributed by atoms with Gasteiger partial charge in [-0.15, -0.1) is 0 Å². The van der Waals surface area contributed by atoms with E-state index in [1.807, 2.05) is 17.0 Å². The zero-order valence-corrected chi connectivity index (χ0v) is 18.0. The van der Waals surface area contributed by atoms with Crippen molar-refractivity contribution in [1.82, 2.24) is 15.2 Å². The van der Waals surface area contributed by atoms with Gasteiger partial charge in [-0.2, -0.15) is 0 Å². The number of hydrogen-bond acceptors (Lipinski definition) is 3. The first-order valence-corrected chi connectivity index (χ1v) is 10.8. The molecule has 0 aromatic carbocycles. The van der Waals surface area contributed by atoms with Crippen molar-refractivity contribution in [2.45, 2.75) is 71.8 Å². The third kappa shape index (κ3) is 4.92. The molecule has 1 aromatic heterocycles. The molecule has 2 aliphatic rings. The summed E-state index contributed by atoms with van der Waals surface area (Å²) in [4.78, 5) is 31.9. The second-order valence-electron chi connectivity index (χ2n) is 9.68. The van der Waals surface area contributed by atoms with Gasteiger partial charge in [-0.3, -0.25) is 9.59 Å². The summed E-state index contributed by atoms with van der Waals surface area (Å²) >= 11 is 0. The van der Waals surface area contributed by atoms with E-state index in [1.54, 1.807) is 6.07 Å². The summed E-state index contributed by atoms with van der Waals surface area (Å²) in [6, 6.07) is 5.67. The smallest absolute Gasteiger partial charge is 0.272 e. The van der Waals surface area contributed by atoms with Crippen LogP contribution in [-0.2, 0) is 4.79 Å². The van der Waals surface area contributed by atoms with Gasteiger partial charge < -0.3 is 10.2 Å². The molecule has 3 rings (SSSR count). The Bertz CT molecular complexity index is 720. The molecule has 2 amide bonds. The van der Waals surface area contributed by atoms with Crippen molar-refractivity contribution < 1.29 is 9.59 Å². The van der Waals surface area contributed by atoms with Gasteiger partial charge in [-0.25, -0.2) is 4.98 Å². The molecule has 1 saturated carbocycles. The molecule has 5 heteroatoms. The van der Waals surface area contributed by atoms with Gasteiger partial charge in [0.1, 0.15) is 5.69 Å². The Labute approximate surface area is 169 Å². The highest BCUT2D eigenvalue weighted by molar-refractivity contribution is 5.92. The molecule has 1 N–H and O–H groups in total. The van der Waals surface area contributed by atoms with Gasteiger partial charge in [0.15, 0.2) is 0 Å². The lowest BCUT2D eigenvalue weighted by Gasteiger charge is -2.40. The Balaban J connectivity index is 1.53. The maximum atomic E-state index is 12.8. The van der Waals surface area contributed by atoms with Crippen LogP contribution in [0.3, 0.4) is 0 Å². The molecular weight excluding hydrogens is 350 g/mol. The highest BCUT2D eigenvalue weighted by Crippen LogP contribution is 2.43. The van der Waals surface area contributed by atoms with Gasteiger partial charge in [0, 0.05) is 30.2 Å². The monoisotopic (exact) mass is 385 g/mol. The lowest BCUT2D eigenvalue weighted by Crippen LogP contribution is -2.54. The molecule has 2 fully saturated rings. The van der Waals surface area contributed by atoms with Crippen LogP contribution in [0.5, 0.6) is 0 Å². The first-order valence-electron chi connectivity index (χ1n) is 10.8. The molecule has 5 nitrogen and oxygen atoms in total. The van der Waals surface area contributed by atoms with Crippen LogP contribution in [0, 0.1) is 17.8 Å². The van der Waals surface area contributed by atoms with E-state index in [4.69, 9.17) is 0 Å². The quantitative estimate of drug-likeness (QED) is 0.805. The van der Waals surface area contributed by atoms with E-state index in [0.717, 1.165) is 31.4 Å². The fraction of sp³-hybridized carbons (Fsp3) is 0.696. The van der Waals surface area contributed by atoms with E-state index in [1.165, 1.54) is 0 Å². The number of nitrogens with zero attached hydrogens (tertiary/aromatic N) is 2. The number of amides is 2. The van der Waals surface area contributed by atoms with Crippen molar-refractivity contribution in [1.29, 1.82) is 0 Å². The zero-order chi connectivity index (χ0) is 20.5. The van der Waals surface area contributed by atoms with E-state index >= 15 is 0 Å². The number of piperidine rings is 1. The van der Waals surface area contributed by atoms with Gasteiger partial charge >= 0.3 is 0 Å². The Morgan fingerprint density at radius 1 is 1.21 bits per heavy atom. The Kier molecular flexibility index (Phi) is 6.11. The van der Waals surface area contributed by atoms with Crippen LogP contribution >= 0.6 is 0 Å². The predicted molar refractivity (Wildman–Crippen MR) is 111 cm³/mol. The highest BCUT2D eigenvalue weighted by Gasteiger charge is 2.45. The molecule has 0 unspecified atom stereocenters. The van der Waals surface area contributed by atoms with Crippen LogP contribution < -0.4 is 5.32 Å². The highest BCUT2D eigenvalue weighted by atomic mass is 16.2. The summed E-state index contributed by atoms with van der Waals surface area (Å²) in [6.45, 7) is 12.0. The number of pyridine rings is 1. The fourth-order valence-corrected chi connectivity index (χ4v) is 4.21. The molecule has 1 saturated heterocycles. The molecule has 154 valence electrons. The van der Waals surface area contributed by atoms with Crippen LogP contribution in [0.15, 0.2) is 18.2 Å². The number of carbonyl (C=O) groups is 2.